The number of phenols is 1. The van der Waals surface area contributed by atoms with Crippen LogP contribution in [0, 0.1) is 11.3 Å². The van der Waals surface area contributed by atoms with Crippen LogP contribution in [0.2, 0.25) is 0 Å². The van der Waals surface area contributed by atoms with Crippen molar-refractivity contribution >= 4 is 17.7 Å². The van der Waals surface area contributed by atoms with Gasteiger partial charge in [-0.05, 0) is 35.9 Å². The molecule has 0 aliphatic rings. The number of amides is 1. The molecule has 1 amide bonds. The van der Waals surface area contributed by atoms with E-state index in [-0.39, 0.29) is 22.8 Å². The normalized spacial score (nSPS) is 10.6. The molecular formula is C19H18N2O5. The fourth-order valence-electron chi connectivity index (χ4n) is 2.21. The molecule has 0 fully saturated rings. The molecule has 0 aromatic heterocycles. The van der Waals surface area contributed by atoms with Crippen molar-refractivity contribution in [1.29, 1.82) is 5.26 Å². The third-order valence-electron chi connectivity index (χ3n) is 3.51. The van der Waals surface area contributed by atoms with Crippen molar-refractivity contribution in [2.75, 3.05) is 26.6 Å². The predicted octanol–water partition coefficient (Wildman–Crippen LogP) is 2.96. The van der Waals surface area contributed by atoms with Gasteiger partial charge >= 0.3 is 0 Å². The van der Waals surface area contributed by atoms with Gasteiger partial charge in [-0.2, -0.15) is 5.26 Å². The molecule has 0 heterocycles. The number of benzene rings is 2. The smallest absolute Gasteiger partial charge is 0.266 e. The highest BCUT2D eigenvalue weighted by Crippen LogP contribution is 2.37. The zero-order valence-corrected chi connectivity index (χ0v) is 14.6. The monoisotopic (exact) mass is 354 g/mol. The topological polar surface area (TPSA) is 101 Å². The Morgan fingerprint density at radius 1 is 1.12 bits per heavy atom. The molecule has 7 nitrogen and oxygen atoms in total. The average Bonchev–Trinajstić information content (AvgIpc) is 2.66. The predicted molar refractivity (Wildman–Crippen MR) is 96.4 cm³/mol. The summed E-state index contributed by atoms with van der Waals surface area (Å²) in [4.78, 5) is 12.4. The van der Waals surface area contributed by atoms with E-state index < -0.39 is 5.91 Å². The first-order chi connectivity index (χ1) is 12.5. The van der Waals surface area contributed by atoms with Gasteiger partial charge in [-0.3, -0.25) is 4.79 Å². The minimum atomic E-state index is -0.577. The molecule has 0 radical (unpaired) electrons. The maximum atomic E-state index is 12.4. The highest BCUT2D eigenvalue weighted by molar-refractivity contribution is 6.09. The number of methoxy groups -OCH3 is 3. The molecule has 134 valence electrons. The summed E-state index contributed by atoms with van der Waals surface area (Å²) >= 11 is 0. The molecule has 2 rings (SSSR count). The Balaban J connectivity index is 2.32. The number of nitrogens with zero attached hydrogens (tertiary/aromatic N) is 1. The van der Waals surface area contributed by atoms with E-state index in [9.17, 15) is 15.2 Å². The number of nitriles is 1. The first kappa shape index (κ1) is 18.7. The second-order valence-corrected chi connectivity index (χ2v) is 5.13. The van der Waals surface area contributed by atoms with Crippen LogP contribution in [0.5, 0.6) is 23.0 Å². The van der Waals surface area contributed by atoms with E-state index in [2.05, 4.69) is 5.32 Å². The summed E-state index contributed by atoms with van der Waals surface area (Å²) in [6.45, 7) is 0. The van der Waals surface area contributed by atoms with Crippen LogP contribution >= 0.6 is 0 Å². The van der Waals surface area contributed by atoms with Gasteiger partial charge in [0.05, 0.1) is 21.3 Å². The Kier molecular flexibility index (Phi) is 6.06. The summed E-state index contributed by atoms with van der Waals surface area (Å²) in [5.41, 5.74) is 0.841. The van der Waals surface area contributed by atoms with Crippen LogP contribution in [0.4, 0.5) is 5.69 Å². The highest BCUT2D eigenvalue weighted by Gasteiger charge is 2.14. The maximum Gasteiger partial charge on any atom is 0.266 e. The average molecular weight is 354 g/mol. The fourth-order valence-corrected chi connectivity index (χ4v) is 2.21. The third-order valence-corrected chi connectivity index (χ3v) is 3.51. The molecule has 0 aliphatic carbocycles. The van der Waals surface area contributed by atoms with Gasteiger partial charge in [0.1, 0.15) is 17.4 Å². The van der Waals surface area contributed by atoms with Crippen LogP contribution in [-0.4, -0.2) is 32.3 Å². The Morgan fingerprint density at radius 2 is 1.77 bits per heavy atom. The van der Waals surface area contributed by atoms with Crippen LogP contribution in [-0.2, 0) is 4.79 Å². The van der Waals surface area contributed by atoms with Gasteiger partial charge < -0.3 is 24.6 Å². The summed E-state index contributed by atoms with van der Waals surface area (Å²) in [6, 6.07) is 11.6. The lowest BCUT2D eigenvalue weighted by atomic mass is 10.1. The van der Waals surface area contributed by atoms with Crippen LogP contribution in [0.15, 0.2) is 42.0 Å². The number of rotatable bonds is 6. The Labute approximate surface area is 151 Å². The van der Waals surface area contributed by atoms with Crippen LogP contribution in [0.1, 0.15) is 5.56 Å². The lowest BCUT2D eigenvalue weighted by Gasteiger charge is -2.10. The van der Waals surface area contributed by atoms with Crippen LogP contribution < -0.4 is 19.5 Å². The van der Waals surface area contributed by atoms with Crippen molar-refractivity contribution in [3.05, 3.63) is 47.5 Å². The van der Waals surface area contributed by atoms with Gasteiger partial charge in [-0.15, -0.1) is 0 Å². The number of hydrogen-bond acceptors (Lipinski definition) is 6. The summed E-state index contributed by atoms with van der Waals surface area (Å²) in [7, 11) is 4.30. The molecule has 7 heteroatoms. The van der Waals surface area contributed by atoms with Gasteiger partial charge in [0, 0.05) is 11.8 Å². The van der Waals surface area contributed by atoms with E-state index in [0.29, 0.717) is 17.0 Å². The number of hydrogen-bond donors (Lipinski definition) is 2. The molecule has 2 aromatic carbocycles. The minimum Gasteiger partial charge on any atom is -0.502 e. The van der Waals surface area contributed by atoms with Crippen LogP contribution in [0.25, 0.3) is 6.08 Å². The SMILES string of the molecule is COc1cccc(NC(=O)/C(C#N)=C\c2cc(OC)c(O)c(OC)c2)c1. The molecule has 26 heavy (non-hydrogen) atoms. The van der Waals surface area contributed by atoms with Crippen molar-refractivity contribution in [3.63, 3.8) is 0 Å². The van der Waals surface area contributed by atoms with Crippen molar-refractivity contribution in [2.45, 2.75) is 0 Å². The molecule has 0 unspecified atom stereocenters. The number of ether oxygens (including phenoxy) is 3. The molecule has 2 N–H and O–H groups in total. The van der Waals surface area contributed by atoms with Gasteiger partial charge in [0.2, 0.25) is 5.75 Å². The zero-order valence-electron chi connectivity index (χ0n) is 14.6. The van der Waals surface area contributed by atoms with E-state index in [4.69, 9.17) is 14.2 Å². The van der Waals surface area contributed by atoms with Crippen molar-refractivity contribution in [2.24, 2.45) is 0 Å². The molecule has 0 bridgehead atoms. The Morgan fingerprint density at radius 3 is 2.31 bits per heavy atom. The van der Waals surface area contributed by atoms with Crippen molar-refractivity contribution < 1.29 is 24.1 Å². The van der Waals surface area contributed by atoms with Gasteiger partial charge in [0.15, 0.2) is 11.5 Å². The number of anilines is 1. The van der Waals surface area contributed by atoms with Gasteiger partial charge in [-0.25, -0.2) is 0 Å². The minimum absolute atomic E-state index is 0.123. The molecule has 0 saturated carbocycles. The van der Waals surface area contributed by atoms with Crippen molar-refractivity contribution in [3.8, 4) is 29.1 Å². The second-order valence-electron chi connectivity index (χ2n) is 5.13. The van der Waals surface area contributed by atoms with Crippen LogP contribution in [0.3, 0.4) is 0 Å². The summed E-state index contributed by atoms with van der Waals surface area (Å²) in [6.07, 6.45) is 1.37. The maximum absolute atomic E-state index is 12.4. The third kappa shape index (κ3) is 4.24. The molecular weight excluding hydrogens is 336 g/mol. The summed E-state index contributed by atoms with van der Waals surface area (Å²) in [5.74, 6) is 0.179. The standard InChI is InChI=1S/C19H18N2O5/c1-24-15-6-4-5-14(10-15)21-19(23)13(11-20)7-12-8-16(25-2)18(22)17(9-12)26-3/h4-10,22H,1-3H3,(H,21,23)/b13-7-. The number of aromatic hydroxyl groups is 1. The lowest BCUT2D eigenvalue weighted by molar-refractivity contribution is -0.112. The number of nitrogens with one attached hydrogen (secondary N) is 1. The largest absolute Gasteiger partial charge is 0.502 e. The second kappa shape index (κ2) is 8.44. The molecule has 0 aliphatic heterocycles. The first-order valence-electron chi connectivity index (χ1n) is 7.54. The van der Waals surface area contributed by atoms with Crippen molar-refractivity contribution in [1.82, 2.24) is 0 Å². The Hall–Kier alpha value is -3.66. The first-order valence-corrected chi connectivity index (χ1v) is 7.54. The van der Waals surface area contributed by atoms with E-state index >= 15 is 0 Å². The Bertz CT molecular complexity index is 859. The number of carbonyl (C=O) groups excluding carboxylic acids is 1. The molecule has 0 spiro atoms. The molecule has 0 atom stereocenters. The van der Waals surface area contributed by atoms with E-state index in [1.54, 1.807) is 24.3 Å². The molecule has 0 saturated heterocycles. The molecule has 2 aromatic rings. The number of phenolic OH excluding ortho intramolecular Hbond substituents is 1. The summed E-state index contributed by atoms with van der Waals surface area (Å²) in [5, 5.41) is 21.9. The van der Waals surface area contributed by atoms with E-state index in [1.807, 2.05) is 6.07 Å². The highest BCUT2D eigenvalue weighted by atomic mass is 16.5. The summed E-state index contributed by atoms with van der Waals surface area (Å²) < 4.78 is 15.2. The zero-order chi connectivity index (χ0) is 19.1. The number of carbonyl (C=O) groups is 1. The lowest BCUT2D eigenvalue weighted by Crippen LogP contribution is -2.13. The van der Waals surface area contributed by atoms with E-state index in [0.717, 1.165) is 0 Å². The fraction of sp³-hybridized carbons (Fsp3) is 0.158. The van der Waals surface area contributed by atoms with Gasteiger partial charge in [-0.1, -0.05) is 6.07 Å². The van der Waals surface area contributed by atoms with E-state index in [1.165, 1.54) is 39.5 Å². The quantitative estimate of drug-likeness (QED) is 0.611. The van der Waals surface area contributed by atoms with Gasteiger partial charge in [0.25, 0.3) is 5.91 Å².